The number of rotatable bonds is 5. The highest BCUT2D eigenvalue weighted by Gasteiger charge is 2.26. The summed E-state index contributed by atoms with van der Waals surface area (Å²) in [5, 5.41) is 17.4. The molecule has 4 aromatic rings. The minimum absolute atomic E-state index is 0.0816. The van der Waals surface area contributed by atoms with E-state index in [0.29, 0.717) is 27.7 Å². The van der Waals surface area contributed by atoms with Crippen LogP contribution in [0.25, 0.3) is 11.3 Å². The molecular formula is C24H17FN4O5S2. The van der Waals surface area contributed by atoms with Gasteiger partial charge in [-0.1, -0.05) is 11.3 Å². The molecule has 0 saturated heterocycles. The maximum absolute atomic E-state index is 13.6. The van der Waals surface area contributed by atoms with E-state index in [1.807, 2.05) is 0 Å². The van der Waals surface area contributed by atoms with Crippen LogP contribution in [0.4, 0.5) is 10.1 Å². The first-order chi connectivity index (χ1) is 17.2. The van der Waals surface area contributed by atoms with Crippen LogP contribution in [0.1, 0.15) is 4.88 Å². The highest BCUT2D eigenvalue weighted by Crippen LogP contribution is 2.31. The van der Waals surface area contributed by atoms with Crippen LogP contribution in [0.5, 0.6) is 11.6 Å². The number of hydrogen-bond donors (Lipinski definition) is 2. The van der Waals surface area contributed by atoms with Crippen molar-refractivity contribution in [3.8, 4) is 17.3 Å². The van der Waals surface area contributed by atoms with Crippen LogP contribution in [-0.4, -0.2) is 31.1 Å². The van der Waals surface area contributed by atoms with Crippen molar-refractivity contribution in [3.05, 3.63) is 92.8 Å². The second-order valence-electron chi connectivity index (χ2n) is 7.67. The number of aromatic nitrogens is 1. The monoisotopic (exact) mass is 524 g/mol. The Morgan fingerprint density at radius 1 is 1.08 bits per heavy atom. The van der Waals surface area contributed by atoms with E-state index < -0.39 is 21.7 Å². The van der Waals surface area contributed by atoms with E-state index >= 15 is 0 Å². The molecule has 0 saturated carbocycles. The van der Waals surface area contributed by atoms with Crippen molar-refractivity contribution in [1.29, 1.82) is 0 Å². The zero-order valence-electron chi connectivity index (χ0n) is 18.5. The Balaban J connectivity index is 1.78. The standard InChI is InChI=1S/C24H17FN4O5S2/c1-34-16-8-11-19-18(12-16)20(22(30)28-19)21-23(31)29(15-6-2-13(25)3-7-15)24(35-21)27-14-4-9-17(10-5-14)36(26,32)33/h2-12,31H,1H3,(H2,26,32,33). The largest absolute Gasteiger partial charge is 0.497 e. The van der Waals surface area contributed by atoms with Crippen molar-refractivity contribution >= 4 is 38.5 Å². The molecule has 1 aromatic heterocycles. The second-order valence-corrected chi connectivity index (χ2v) is 10.2. The van der Waals surface area contributed by atoms with Crippen LogP contribution in [0.15, 0.2) is 81.6 Å². The maximum atomic E-state index is 13.6. The number of nitrogens with zero attached hydrogens (tertiary/aromatic N) is 3. The molecule has 36 heavy (non-hydrogen) atoms. The first-order valence-corrected chi connectivity index (χ1v) is 12.7. The van der Waals surface area contributed by atoms with Gasteiger partial charge in [-0.2, -0.15) is 0 Å². The zero-order valence-corrected chi connectivity index (χ0v) is 20.2. The number of ether oxygens (including phenoxy) is 1. The maximum Gasteiger partial charge on any atom is 0.279 e. The smallest absolute Gasteiger partial charge is 0.279 e. The van der Waals surface area contributed by atoms with Gasteiger partial charge in [0.25, 0.3) is 5.91 Å². The Morgan fingerprint density at radius 3 is 2.42 bits per heavy atom. The normalized spacial score (nSPS) is 13.6. The minimum atomic E-state index is -3.88. The number of thiazole rings is 1. The summed E-state index contributed by atoms with van der Waals surface area (Å²) in [6.45, 7) is 0. The molecule has 3 aromatic carbocycles. The third-order valence-electron chi connectivity index (χ3n) is 5.41. The number of hydrogen-bond acceptors (Lipinski definition) is 7. The number of fused-ring (bicyclic) bond motifs is 1. The van der Waals surface area contributed by atoms with Crippen molar-refractivity contribution in [2.24, 2.45) is 15.1 Å². The Hall–Kier alpha value is -4.13. The van der Waals surface area contributed by atoms with Gasteiger partial charge in [0, 0.05) is 5.22 Å². The van der Waals surface area contributed by atoms with E-state index in [4.69, 9.17) is 9.88 Å². The highest BCUT2D eigenvalue weighted by atomic mass is 32.2. The number of sulfonamides is 1. The zero-order chi connectivity index (χ0) is 25.6. The number of nitrogens with two attached hydrogens (primary N) is 1. The Kier molecular flexibility index (Phi) is 5.79. The van der Waals surface area contributed by atoms with E-state index in [1.165, 1.54) is 60.2 Å². The van der Waals surface area contributed by atoms with E-state index in [1.54, 1.807) is 18.2 Å². The van der Waals surface area contributed by atoms with Crippen molar-refractivity contribution in [3.63, 3.8) is 0 Å². The molecule has 182 valence electrons. The van der Waals surface area contributed by atoms with Gasteiger partial charge in [-0.25, -0.2) is 27.9 Å². The van der Waals surface area contributed by atoms with Crippen LogP contribution in [-0.2, 0) is 14.8 Å². The Morgan fingerprint density at radius 2 is 1.78 bits per heavy atom. The second kappa shape index (κ2) is 8.82. The molecular weight excluding hydrogens is 507 g/mol. The van der Waals surface area contributed by atoms with Crippen LogP contribution >= 0.6 is 11.3 Å². The van der Waals surface area contributed by atoms with Gasteiger partial charge in [-0.05, 0) is 66.7 Å². The molecule has 3 N–H and O–H groups in total. The van der Waals surface area contributed by atoms with E-state index in [9.17, 15) is 22.7 Å². The molecule has 0 aliphatic carbocycles. The third kappa shape index (κ3) is 4.21. The van der Waals surface area contributed by atoms with Gasteiger partial charge < -0.3 is 9.84 Å². The van der Waals surface area contributed by atoms with E-state index in [-0.39, 0.29) is 26.0 Å². The fraction of sp³-hybridized carbons (Fsp3) is 0.0417. The van der Waals surface area contributed by atoms with Crippen LogP contribution in [0, 0.1) is 5.82 Å². The SMILES string of the molecule is COc1ccc2c(c1)=C(c1sc(=Nc3ccc(S(N)(=O)=O)cc3)n(-c3ccc(F)cc3)c1O)C(=O)N=2. The Labute approximate surface area is 207 Å². The summed E-state index contributed by atoms with van der Waals surface area (Å²) in [6.07, 6.45) is 0. The number of benzene rings is 3. The van der Waals surface area contributed by atoms with Gasteiger partial charge in [-0.15, -0.1) is 0 Å². The molecule has 1 aliphatic heterocycles. The molecule has 0 bridgehead atoms. The van der Waals surface area contributed by atoms with Crippen molar-refractivity contribution in [2.45, 2.75) is 4.90 Å². The summed E-state index contributed by atoms with van der Waals surface area (Å²) in [5.74, 6) is -0.782. The lowest BCUT2D eigenvalue weighted by Gasteiger charge is -2.06. The van der Waals surface area contributed by atoms with E-state index in [2.05, 4.69) is 9.98 Å². The van der Waals surface area contributed by atoms with Crippen molar-refractivity contribution in [1.82, 2.24) is 4.57 Å². The summed E-state index contributed by atoms with van der Waals surface area (Å²) in [7, 11) is -2.38. The number of carbonyl (C=O) groups is 1. The molecule has 1 amide bonds. The summed E-state index contributed by atoms with van der Waals surface area (Å²) in [6, 6.07) is 15.9. The molecule has 5 rings (SSSR count). The number of amides is 1. The summed E-state index contributed by atoms with van der Waals surface area (Å²) in [5.41, 5.74) is 0.930. The van der Waals surface area contributed by atoms with Crippen LogP contribution in [0.3, 0.4) is 0 Å². The predicted octanol–water partition coefficient (Wildman–Crippen LogP) is 1.63. The average molecular weight is 525 g/mol. The molecule has 12 heteroatoms. The van der Waals surface area contributed by atoms with Crippen LogP contribution in [0.2, 0.25) is 0 Å². The van der Waals surface area contributed by atoms with Gasteiger partial charge in [-0.3, -0.25) is 9.36 Å². The lowest BCUT2D eigenvalue weighted by atomic mass is 10.1. The number of aromatic hydroxyl groups is 1. The first-order valence-electron chi connectivity index (χ1n) is 10.4. The number of methoxy groups -OCH3 is 1. The highest BCUT2D eigenvalue weighted by molar-refractivity contribution is 7.89. The molecule has 1 aliphatic rings. The van der Waals surface area contributed by atoms with Crippen molar-refractivity contribution in [2.75, 3.05) is 7.11 Å². The van der Waals surface area contributed by atoms with Gasteiger partial charge in [0.2, 0.25) is 15.9 Å². The molecule has 2 heterocycles. The summed E-state index contributed by atoms with van der Waals surface area (Å²) >= 11 is 1.02. The topological polar surface area (TPSA) is 136 Å². The Bertz CT molecular complexity index is 1830. The van der Waals surface area contributed by atoms with Gasteiger partial charge in [0.05, 0.1) is 34.3 Å². The van der Waals surface area contributed by atoms with Gasteiger partial charge in [0.1, 0.15) is 16.4 Å². The third-order valence-corrected chi connectivity index (χ3v) is 7.39. The average Bonchev–Trinajstić information content (AvgIpc) is 3.33. The fourth-order valence-electron chi connectivity index (χ4n) is 3.69. The number of carbonyl (C=O) groups excluding carboxylic acids is 1. The van der Waals surface area contributed by atoms with Crippen LogP contribution < -0.4 is 25.3 Å². The molecule has 9 nitrogen and oxygen atoms in total. The molecule has 0 unspecified atom stereocenters. The quantitative estimate of drug-likeness (QED) is 0.409. The van der Waals surface area contributed by atoms with Crippen molar-refractivity contribution < 1.29 is 27.4 Å². The predicted molar refractivity (Wildman–Crippen MR) is 130 cm³/mol. The molecule has 0 atom stereocenters. The van der Waals surface area contributed by atoms with Gasteiger partial charge in [0.15, 0.2) is 4.80 Å². The summed E-state index contributed by atoms with van der Waals surface area (Å²) in [4.78, 5) is 21.9. The molecule has 0 spiro atoms. The summed E-state index contributed by atoms with van der Waals surface area (Å²) < 4.78 is 43.4. The first kappa shape index (κ1) is 23.6. The lowest BCUT2D eigenvalue weighted by Crippen LogP contribution is -2.23. The fourth-order valence-corrected chi connectivity index (χ4v) is 5.31. The molecule has 0 fully saturated rings. The lowest BCUT2D eigenvalue weighted by molar-refractivity contribution is -0.112. The minimum Gasteiger partial charge on any atom is -0.497 e. The number of primary sulfonamides is 1. The van der Waals surface area contributed by atoms with E-state index in [0.717, 1.165) is 11.3 Å². The van der Waals surface area contributed by atoms with Gasteiger partial charge >= 0.3 is 0 Å². The molecule has 0 radical (unpaired) electrons. The number of halogens is 1.